The van der Waals surface area contributed by atoms with Crippen LogP contribution in [0.3, 0.4) is 0 Å². The van der Waals surface area contributed by atoms with Gasteiger partial charge in [-0.25, -0.2) is 9.78 Å². The predicted octanol–water partition coefficient (Wildman–Crippen LogP) is 2.64. The van der Waals surface area contributed by atoms with E-state index >= 15 is 0 Å². The van der Waals surface area contributed by atoms with Crippen LogP contribution < -0.4 is 0 Å². The van der Waals surface area contributed by atoms with Crippen LogP contribution in [0.4, 0.5) is 0 Å². The lowest BCUT2D eigenvalue weighted by Crippen LogP contribution is -2.19. The maximum atomic E-state index is 11.3. The van der Waals surface area contributed by atoms with Crippen LogP contribution in [0.2, 0.25) is 0 Å². The van der Waals surface area contributed by atoms with Gasteiger partial charge in [-0.05, 0) is 38.1 Å². The minimum absolute atomic E-state index is 0.0238. The van der Waals surface area contributed by atoms with E-state index in [1.54, 1.807) is 0 Å². The van der Waals surface area contributed by atoms with Gasteiger partial charge in [-0.3, -0.25) is 4.90 Å². The number of oxazole rings is 1. The summed E-state index contributed by atoms with van der Waals surface area (Å²) in [4.78, 5) is 17.6. The Labute approximate surface area is 116 Å². The minimum Gasteiger partial charge on any atom is -0.476 e. The Balaban J connectivity index is 1.92. The van der Waals surface area contributed by atoms with Gasteiger partial charge in [0.2, 0.25) is 5.89 Å². The SMILES string of the molecule is O=C(O)c1nc(-c2ccccc2)oc1CN1CCCC1. The number of hydrogen-bond acceptors (Lipinski definition) is 4. The molecule has 104 valence electrons. The average Bonchev–Trinajstić information content (AvgIpc) is 3.10. The quantitative estimate of drug-likeness (QED) is 0.926. The highest BCUT2D eigenvalue weighted by molar-refractivity contribution is 5.87. The van der Waals surface area contributed by atoms with Gasteiger partial charge < -0.3 is 9.52 Å². The van der Waals surface area contributed by atoms with Crippen LogP contribution in [0.5, 0.6) is 0 Å². The third kappa shape index (κ3) is 2.58. The zero-order valence-corrected chi connectivity index (χ0v) is 11.1. The number of hydrogen-bond donors (Lipinski definition) is 1. The van der Waals surface area contributed by atoms with Crippen LogP contribution in [0.25, 0.3) is 11.5 Å². The molecule has 0 radical (unpaired) electrons. The smallest absolute Gasteiger partial charge is 0.358 e. The molecule has 5 heteroatoms. The lowest BCUT2D eigenvalue weighted by Gasteiger charge is -2.12. The Morgan fingerprint density at radius 1 is 1.25 bits per heavy atom. The number of carboxylic acids is 1. The number of benzene rings is 1. The molecule has 5 nitrogen and oxygen atoms in total. The van der Waals surface area contributed by atoms with Gasteiger partial charge in [-0.15, -0.1) is 0 Å². The molecule has 1 aliphatic heterocycles. The van der Waals surface area contributed by atoms with Gasteiger partial charge in [0, 0.05) is 5.56 Å². The van der Waals surface area contributed by atoms with Crippen molar-refractivity contribution >= 4 is 5.97 Å². The monoisotopic (exact) mass is 272 g/mol. The first-order chi connectivity index (χ1) is 9.74. The maximum absolute atomic E-state index is 11.3. The van der Waals surface area contributed by atoms with Crippen molar-refractivity contribution in [1.82, 2.24) is 9.88 Å². The van der Waals surface area contributed by atoms with Crippen molar-refractivity contribution in [2.75, 3.05) is 13.1 Å². The summed E-state index contributed by atoms with van der Waals surface area (Å²) in [6, 6.07) is 9.37. The van der Waals surface area contributed by atoms with Crippen LogP contribution in [0.15, 0.2) is 34.7 Å². The van der Waals surface area contributed by atoms with E-state index in [0.29, 0.717) is 18.2 Å². The summed E-state index contributed by atoms with van der Waals surface area (Å²) >= 11 is 0. The van der Waals surface area contributed by atoms with Crippen LogP contribution in [0, 0.1) is 0 Å². The van der Waals surface area contributed by atoms with E-state index in [1.165, 1.54) is 0 Å². The molecule has 0 bridgehead atoms. The van der Waals surface area contributed by atoms with Gasteiger partial charge in [-0.2, -0.15) is 0 Å². The summed E-state index contributed by atoms with van der Waals surface area (Å²) in [5, 5.41) is 9.26. The van der Waals surface area contributed by atoms with Gasteiger partial charge in [0.05, 0.1) is 6.54 Å². The summed E-state index contributed by atoms with van der Waals surface area (Å²) in [5.41, 5.74) is 0.818. The summed E-state index contributed by atoms with van der Waals surface area (Å²) in [6.07, 6.45) is 2.31. The maximum Gasteiger partial charge on any atom is 0.358 e. The molecule has 2 aromatic rings. The third-order valence-electron chi connectivity index (χ3n) is 3.49. The Morgan fingerprint density at radius 3 is 2.60 bits per heavy atom. The highest BCUT2D eigenvalue weighted by atomic mass is 16.4. The second kappa shape index (κ2) is 5.46. The Morgan fingerprint density at radius 2 is 1.95 bits per heavy atom. The van der Waals surface area contributed by atoms with E-state index < -0.39 is 5.97 Å². The van der Waals surface area contributed by atoms with Crippen LogP contribution >= 0.6 is 0 Å². The molecule has 0 aliphatic carbocycles. The third-order valence-corrected chi connectivity index (χ3v) is 3.49. The topological polar surface area (TPSA) is 66.6 Å². The minimum atomic E-state index is -1.04. The van der Waals surface area contributed by atoms with E-state index in [4.69, 9.17) is 4.42 Å². The molecule has 1 aliphatic rings. The molecule has 0 amide bonds. The zero-order chi connectivity index (χ0) is 13.9. The number of nitrogens with zero attached hydrogens (tertiary/aromatic N) is 2. The second-order valence-electron chi connectivity index (χ2n) is 4.95. The van der Waals surface area contributed by atoms with Crippen molar-refractivity contribution in [2.24, 2.45) is 0 Å². The molecular weight excluding hydrogens is 256 g/mol. The van der Waals surface area contributed by atoms with Crippen molar-refractivity contribution in [3.63, 3.8) is 0 Å². The van der Waals surface area contributed by atoms with E-state index in [-0.39, 0.29) is 5.69 Å². The first-order valence-electron chi connectivity index (χ1n) is 6.75. The molecule has 0 atom stereocenters. The number of carbonyl (C=O) groups is 1. The number of likely N-dealkylation sites (tertiary alicyclic amines) is 1. The van der Waals surface area contributed by atoms with E-state index in [9.17, 15) is 9.90 Å². The molecule has 1 N–H and O–H groups in total. The fraction of sp³-hybridized carbons (Fsp3) is 0.333. The largest absolute Gasteiger partial charge is 0.476 e. The van der Waals surface area contributed by atoms with Crippen molar-refractivity contribution in [3.05, 3.63) is 41.8 Å². The van der Waals surface area contributed by atoms with Gasteiger partial charge in [0.15, 0.2) is 11.5 Å². The van der Waals surface area contributed by atoms with Crippen molar-refractivity contribution < 1.29 is 14.3 Å². The highest BCUT2D eigenvalue weighted by Crippen LogP contribution is 2.24. The fourth-order valence-electron chi connectivity index (χ4n) is 2.47. The van der Waals surface area contributed by atoms with Gasteiger partial charge >= 0.3 is 5.97 Å². The van der Waals surface area contributed by atoms with Crippen molar-refractivity contribution in [3.8, 4) is 11.5 Å². The molecule has 20 heavy (non-hydrogen) atoms. The van der Waals surface area contributed by atoms with Crippen molar-refractivity contribution in [2.45, 2.75) is 19.4 Å². The van der Waals surface area contributed by atoms with Gasteiger partial charge in [-0.1, -0.05) is 18.2 Å². The summed E-state index contributed by atoms with van der Waals surface area (Å²) in [7, 11) is 0. The lowest BCUT2D eigenvalue weighted by atomic mass is 10.2. The second-order valence-corrected chi connectivity index (χ2v) is 4.95. The van der Waals surface area contributed by atoms with E-state index in [2.05, 4.69) is 9.88 Å². The normalized spacial score (nSPS) is 15.6. The standard InChI is InChI=1S/C15H16N2O3/c18-15(19)13-12(10-17-8-4-5-9-17)20-14(16-13)11-6-2-1-3-7-11/h1-3,6-7H,4-5,8-10H2,(H,18,19). The molecular formula is C15H16N2O3. The summed E-state index contributed by atoms with van der Waals surface area (Å²) in [5.74, 6) is -0.222. The number of rotatable bonds is 4. The number of carboxylic acid groups (broad SMARTS) is 1. The fourth-order valence-corrected chi connectivity index (χ4v) is 2.47. The Hall–Kier alpha value is -2.14. The molecule has 1 saturated heterocycles. The Kier molecular flexibility index (Phi) is 3.52. The number of aromatic nitrogens is 1. The number of aromatic carboxylic acids is 1. The molecule has 3 rings (SSSR count). The van der Waals surface area contributed by atoms with Crippen LogP contribution in [-0.4, -0.2) is 34.0 Å². The first-order valence-corrected chi connectivity index (χ1v) is 6.75. The van der Waals surface area contributed by atoms with E-state index in [0.717, 1.165) is 31.5 Å². The summed E-state index contributed by atoms with van der Waals surface area (Å²) in [6.45, 7) is 2.49. The van der Waals surface area contributed by atoms with Crippen molar-refractivity contribution in [1.29, 1.82) is 0 Å². The van der Waals surface area contributed by atoms with Crippen LogP contribution in [0.1, 0.15) is 29.1 Å². The Bertz CT molecular complexity index is 601. The highest BCUT2D eigenvalue weighted by Gasteiger charge is 2.23. The van der Waals surface area contributed by atoms with Crippen LogP contribution in [-0.2, 0) is 6.54 Å². The zero-order valence-electron chi connectivity index (χ0n) is 11.1. The van der Waals surface area contributed by atoms with Gasteiger partial charge in [0.25, 0.3) is 0 Å². The van der Waals surface area contributed by atoms with E-state index in [1.807, 2.05) is 30.3 Å². The van der Waals surface area contributed by atoms with Gasteiger partial charge in [0.1, 0.15) is 0 Å². The molecule has 1 aromatic carbocycles. The molecule has 0 spiro atoms. The molecule has 1 aromatic heterocycles. The molecule has 2 heterocycles. The molecule has 0 saturated carbocycles. The predicted molar refractivity (Wildman–Crippen MR) is 73.4 cm³/mol. The average molecular weight is 272 g/mol. The summed E-state index contributed by atoms with van der Waals surface area (Å²) < 4.78 is 5.69. The molecule has 0 unspecified atom stereocenters. The lowest BCUT2D eigenvalue weighted by molar-refractivity contribution is 0.0687. The molecule has 1 fully saturated rings. The first kappa shape index (κ1) is 12.9.